The van der Waals surface area contributed by atoms with E-state index in [1.165, 1.54) is 17.8 Å². The molecule has 0 fully saturated rings. The van der Waals surface area contributed by atoms with Crippen LogP contribution in [0.5, 0.6) is 0 Å². The number of benzene rings is 1. The van der Waals surface area contributed by atoms with E-state index in [1.807, 2.05) is 6.20 Å². The maximum Gasteiger partial charge on any atom is 0.109 e. The molecule has 2 heterocycles. The smallest absolute Gasteiger partial charge is 0.109 e. The van der Waals surface area contributed by atoms with Crippen LogP contribution in [0.25, 0.3) is 0 Å². The standard InChI is InChI=1S/C12H11BrN2/c13-10-3-1-9(2-4-10)11-5-6-12-14-7-8-15(11)12/h1-4,7-8,11H,5-6H2. The Morgan fingerprint density at radius 3 is 2.87 bits per heavy atom. The van der Waals surface area contributed by atoms with Gasteiger partial charge >= 0.3 is 0 Å². The molecule has 1 atom stereocenters. The topological polar surface area (TPSA) is 17.8 Å². The van der Waals surface area contributed by atoms with Gasteiger partial charge < -0.3 is 4.57 Å². The average molecular weight is 263 g/mol. The minimum absolute atomic E-state index is 0.482. The van der Waals surface area contributed by atoms with Gasteiger partial charge in [-0.2, -0.15) is 0 Å². The Kier molecular flexibility index (Phi) is 2.13. The van der Waals surface area contributed by atoms with Gasteiger partial charge in [0.05, 0.1) is 6.04 Å². The van der Waals surface area contributed by atoms with Gasteiger partial charge in [0.1, 0.15) is 5.82 Å². The fourth-order valence-electron chi connectivity index (χ4n) is 2.24. The summed E-state index contributed by atoms with van der Waals surface area (Å²) in [6.45, 7) is 0. The maximum absolute atomic E-state index is 4.34. The molecule has 76 valence electrons. The minimum atomic E-state index is 0.482. The van der Waals surface area contributed by atoms with Crippen LogP contribution in [0.4, 0.5) is 0 Å². The zero-order valence-electron chi connectivity index (χ0n) is 8.23. The number of halogens is 1. The largest absolute Gasteiger partial charge is 0.327 e. The van der Waals surface area contributed by atoms with Gasteiger partial charge in [-0.15, -0.1) is 0 Å². The molecule has 1 aliphatic heterocycles. The lowest BCUT2D eigenvalue weighted by molar-refractivity contribution is 0.620. The van der Waals surface area contributed by atoms with E-state index in [9.17, 15) is 0 Å². The number of hydrogen-bond donors (Lipinski definition) is 0. The molecule has 3 rings (SSSR count). The first kappa shape index (κ1) is 9.16. The number of rotatable bonds is 1. The Morgan fingerprint density at radius 1 is 1.27 bits per heavy atom. The number of aryl methyl sites for hydroxylation is 1. The Bertz CT molecular complexity index is 473. The monoisotopic (exact) mass is 262 g/mol. The van der Waals surface area contributed by atoms with Crippen molar-refractivity contribution in [2.24, 2.45) is 0 Å². The molecule has 0 aliphatic carbocycles. The molecule has 0 radical (unpaired) electrons. The van der Waals surface area contributed by atoms with Crippen LogP contribution in [-0.4, -0.2) is 9.55 Å². The first-order chi connectivity index (χ1) is 7.34. The molecular weight excluding hydrogens is 252 g/mol. The zero-order chi connectivity index (χ0) is 10.3. The number of aromatic nitrogens is 2. The zero-order valence-corrected chi connectivity index (χ0v) is 9.81. The summed E-state index contributed by atoms with van der Waals surface area (Å²) in [5, 5.41) is 0. The van der Waals surface area contributed by atoms with Gasteiger partial charge in [0, 0.05) is 23.3 Å². The molecule has 0 N–H and O–H groups in total. The van der Waals surface area contributed by atoms with Crippen LogP contribution in [0.2, 0.25) is 0 Å². The summed E-state index contributed by atoms with van der Waals surface area (Å²) in [6.07, 6.45) is 6.23. The lowest BCUT2D eigenvalue weighted by Gasteiger charge is -2.13. The van der Waals surface area contributed by atoms with E-state index in [2.05, 4.69) is 55.9 Å². The highest BCUT2D eigenvalue weighted by Gasteiger charge is 2.23. The lowest BCUT2D eigenvalue weighted by Crippen LogP contribution is -2.03. The van der Waals surface area contributed by atoms with Crippen molar-refractivity contribution in [1.82, 2.24) is 9.55 Å². The van der Waals surface area contributed by atoms with Gasteiger partial charge in [0.2, 0.25) is 0 Å². The Hall–Kier alpha value is -1.09. The Morgan fingerprint density at radius 2 is 2.07 bits per heavy atom. The van der Waals surface area contributed by atoms with Crippen molar-refractivity contribution >= 4 is 15.9 Å². The van der Waals surface area contributed by atoms with E-state index < -0.39 is 0 Å². The van der Waals surface area contributed by atoms with Crippen molar-refractivity contribution in [3.05, 3.63) is 52.5 Å². The molecular formula is C12H11BrN2. The van der Waals surface area contributed by atoms with Crippen molar-refractivity contribution in [2.45, 2.75) is 18.9 Å². The summed E-state index contributed by atoms with van der Waals surface area (Å²) in [4.78, 5) is 4.34. The van der Waals surface area contributed by atoms with E-state index in [1.54, 1.807) is 0 Å². The molecule has 0 bridgehead atoms. The van der Waals surface area contributed by atoms with Crippen LogP contribution in [0.1, 0.15) is 23.9 Å². The van der Waals surface area contributed by atoms with Crippen LogP contribution >= 0.6 is 15.9 Å². The van der Waals surface area contributed by atoms with E-state index >= 15 is 0 Å². The first-order valence-corrected chi connectivity index (χ1v) is 5.91. The fourth-order valence-corrected chi connectivity index (χ4v) is 2.50. The van der Waals surface area contributed by atoms with Gasteiger partial charge in [-0.1, -0.05) is 28.1 Å². The summed E-state index contributed by atoms with van der Waals surface area (Å²) in [5.41, 5.74) is 1.37. The van der Waals surface area contributed by atoms with Crippen molar-refractivity contribution in [3.63, 3.8) is 0 Å². The lowest BCUT2D eigenvalue weighted by atomic mass is 10.1. The van der Waals surface area contributed by atoms with E-state index in [0.29, 0.717) is 6.04 Å². The van der Waals surface area contributed by atoms with Gasteiger partial charge in [-0.25, -0.2) is 4.98 Å². The number of nitrogens with zero attached hydrogens (tertiary/aromatic N) is 2. The molecule has 0 spiro atoms. The quantitative estimate of drug-likeness (QED) is 0.772. The van der Waals surface area contributed by atoms with E-state index in [4.69, 9.17) is 0 Å². The van der Waals surface area contributed by atoms with Crippen molar-refractivity contribution in [2.75, 3.05) is 0 Å². The molecule has 3 heteroatoms. The first-order valence-electron chi connectivity index (χ1n) is 5.12. The molecule has 1 aromatic carbocycles. The van der Waals surface area contributed by atoms with E-state index in [-0.39, 0.29) is 0 Å². The van der Waals surface area contributed by atoms with Crippen LogP contribution < -0.4 is 0 Å². The SMILES string of the molecule is Brc1ccc(C2CCc3nccn32)cc1. The maximum atomic E-state index is 4.34. The Balaban J connectivity index is 2.00. The van der Waals surface area contributed by atoms with Crippen molar-refractivity contribution < 1.29 is 0 Å². The Labute approximate surface area is 97.1 Å². The number of hydrogen-bond acceptors (Lipinski definition) is 1. The van der Waals surface area contributed by atoms with Gasteiger partial charge in [0.25, 0.3) is 0 Å². The van der Waals surface area contributed by atoms with Crippen molar-refractivity contribution in [1.29, 1.82) is 0 Å². The molecule has 1 aromatic heterocycles. The number of imidazole rings is 1. The summed E-state index contributed by atoms with van der Waals surface area (Å²) in [5.74, 6) is 1.21. The molecule has 2 nitrogen and oxygen atoms in total. The van der Waals surface area contributed by atoms with Crippen LogP contribution in [0, 0.1) is 0 Å². The van der Waals surface area contributed by atoms with Gasteiger partial charge in [-0.05, 0) is 24.1 Å². The van der Waals surface area contributed by atoms with E-state index in [0.717, 1.165) is 10.9 Å². The van der Waals surface area contributed by atoms with Crippen LogP contribution in [0.3, 0.4) is 0 Å². The van der Waals surface area contributed by atoms with Crippen molar-refractivity contribution in [3.8, 4) is 0 Å². The molecule has 0 amide bonds. The average Bonchev–Trinajstić information content (AvgIpc) is 2.80. The highest BCUT2D eigenvalue weighted by molar-refractivity contribution is 9.10. The second-order valence-electron chi connectivity index (χ2n) is 3.86. The minimum Gasteiger partial charge on any atom is -0.327 e. The van der Waals surface area contributed by atoms with Gasteiger partial charge in [0.15, 0.2) is 0 Å². The summed E-state index contributed by atoms with van der Waals surface area (Å²) < 4.78 is 3.42. The summed E-state index contributed by atoms with van der Waals surface area (Å²) in [6, 6.07) is 9.05. The second-order valence-corrected chi connectivity index (χ2v) is 4.77. The predicted octanol–water partition coefficient (Wildman–Crippen LogP) is 3.18. The van der Waals surface area contributed by atoms with Crippen LogP contribution in [-0.2, 0) is 6.42 Å². The molecule has 0 saturated heterocycles. The third-order valence-electron chi connectivity index (χ3n) is 2.98. The highest BCUT2D eigenvalue weighted by atomic mass is 79.9. The van der Waals surface area contributed by atoms with Gasteiger partial charge in [-0.3, -0.25) is 0 Å². The predicted molar refractivity (Wildman–Crippen MR) is 62.8 cm³/mol. The molecule has 2 aromatic rings. The molecule has 0 saturated carbocycles. The van der Waals surface area contributed by atoms with Crippen LogP contribution in [0.15, 0.2) is 41.1 Å². The third kappa shape index (κ3) is 1.51. The normalized spacial score (nSPS) is 19.1. The highest BCUT2D eigenvalue weighted by Crippen LogP contribution is 2.31. The summed E-state index contributed by atoms with van der Waals surface area (Å²) in [7, 11) is 0. The molecule has 1 aliphatic rings. The third-order valence-corrected chi connectivity index (χ3v) is 3.51. The summed E-state index contributed by atoms with van der Waals surface area (Å²) >= 11 is 3.46. The second kappa shape index (κ2) is 3.49. The number of fused-ring (bicyclic) bond motifs is 1. The molecule has 1 unspecified atom stereocenters. The fraction of sp³-hybridized carbons (Fsp3) is 0.250. The molecule has 15 heavy (non-hydrogen) atoms.